The molecule has 200 valence electrons. The first kappa shape index (κ1) is 26.2. The van der Waals surface area contributed by atoms with Gasteiger partial charge in [-0.1, -0.05) is 18.2 Å². The van der Waals surface area contributed by atoms with Crippen LogP contribution < -0.4 is 20.7 Å². The van der Waals surface area contributed by atoms with Crippen LogP contribution in [-0.2, 0) is 0 Å². The van der Waals surface area contributed by atoms with E-state index >= 15 is 0 Å². The molecule has 3 aromatic rings. The number of nitrogens with one attached hydrogen (secondary N) is 3. The summed E-state index contributed by atoms with van der Waals surface area (Å²) in [4.78, 5) is 19.9. The SMILES string of the molecule is C=C(NCCN1CCC/C(=C/C)CC1)c1cc2nccc(Oc3ccc(NC(=O)NC4CC4)cc3F)c2s1. The van der Waals surface area contributed by atoms with Gasteiger partial charge in [-0.2, -0.15) is 0 Å². The van der Waals surface area contributed by atoms with Gasteiger partial charge in [0.15, 0.2) is 11.6 Å². The van der Waals surface area contributed by atoms with E-state index in [1.54, 1.807) is 23.9 Å². The Hall–Kier alpha value is -3.43. The number of halogens is 1. The van der Waals surface area contributed by atoms with Crippen LogP contribution in [-0.4, -0.2) is 48.1 Å². The number of carbonyl (C=O) groups excluding carboxylic acids is 1. The number of carbonyl (C=O) groups is 1. The average molecular weight is 536 g/mol. The number of hydrogen-bond donors (Lipinski definition) is 3. The summed E-state index contributed by atoms with van der Waals surface area (Å²) in [5, 5.41) is 8.94. The maximum Gasteiger partial charge on any atom is 0.319 e. The van der Waals surface area contributed by atoms with E-state index < -0.39 is 5.82 Å². The van der Waals surface area contributed by atoms with E-state index in [9.17, 15) is 9.18 Å². The van der Waals surface area contributed by atoms with Gasteiger partial charge in [-0.05, 0) is 63.8 Å². The summed E-state index contributed by atoms with van der Waals surface area (Å²) in [6.07, 6.45) is 9.44. The quantitative estimate of drug-likeness (QED) is 0.273. The van der Waals surface area contributed by atoms with Crippen molar-refractivity contribution in [3.05, 3.63) is 65.5 Å². The lowest BCUT2D eigenvalue weighted by atomic mass is 10.1. The molecule has 0 bridgehead atoms. The number of amides is 2. The van der Waals surface area contributed by atoms with Gasteiger partial charge in [-0.15, -0.1) is 11.3 Å². The van der Waals surface area contributed by atoms with Gasteiger partial charge in [0.1, 0.15) is 5.75 Å². The molecule has 1 aromatic carbocycles. The fourth-order valence-corrected chi connectivity index (χ4v) is 5.55. The Balaban J connectivity index is 1.20. The third kappa shape index (κ3) is 6.71. The number of aromatic nitrogens is 1. The van der Waals surface area contributed by atoms with Crippen molar-refractivity contribution in [2.24, 2.45) is 0 Å². The third-order valence-electron chi connectivity index (χ3n) is 6.89. The Labute approximate surface area is 226 Å². The molecule has 2 fully saturated rings. The number of thiophene rings is 1. The minimum absolute atomic E-state index is 0.0797. The van der Waals surface area contributed by atoms with Crippen molar-refractivity contribution in [1.29, 1.82) is 0 Å². The van der Waals surface area contributed by atoms with E-state index in [1.807, 2.05) is 6.07 Å². The summed E-state index contributed by atoms with van der Waals surface area (Å²) in [6.45, 7) is 10.4. The molecule has 1 aliphatic carbocycles. The normalized spacial score (nSPS) is 17.3. The molecule has 5 rings (SSSR count). The maximum atomic E-state index is 14.8. The van der Waals surface area contributed by atoms with E-state index in [0.717, 1.165) is 66.2 Å². The molecule has 2 aliphatic rings. The Morgan fingerprint density at radius 3 is 2.89 bits per heavy atom. The highest BCUT2D eigenvalue weighted by Gasteiger charge is 2.23. The number of ether oxygens (including phenoxy) is 1. The highest BCUT2D eigenvalue weighted by molar-refractivity contribution is 7.20. The van der Waals surface area contributed by atoms with E-state index in [0.29, 0.717) is 11.4 Å². The van der Waals surface area contributed by atoms with E-state index in [1.165, 1.54) is 36.3 Å². The van der Waals surface area contributed by atoms with Crippen LogP contribution in [0, 0.1) is 5.82 Å². The van der Waals surface area contributed by atoms with Crippen molar-refractivity contribution in [3.8, 4) is 11.5 Å². The van der Waals surface area contributed by atoms with Crippen molar-refractivity contribution in [2.45, 2.75) is 45.1 Å². The Bertz CT molecular complexity index is 1350. The highest BCUT2D eigenvalue weighted by atomic mass is 32.1. The number of pyridine rings is 1. The van der Waals surface area contributed by atoms with Crippen LogP contribution in [0.3, 0.4) is 0 Å². The monoisotopic (exact) mass is 535 g/mol. The van der Waals surface area contributed by atoms with Crippen LogP contribution in [0.1, 0.15) is 43.9 Å². The molecule has 3 heterocycles. The van der Waals surface area contributed by atoms with Gasteiger partial charge in [-0.3, -0.25) is 4.98 Å². The summed E-state index contributed by atoms with van der Waals surface area (Å²) in [5.74, 6) is 0.0441. The average Bonchev–Trinajstić information content (AvgIpc) is 3.65. The molecule has 0 unspecified atom stereocenters. The lowest BCUT2D eigenvalue weighted by molar-refractivity contribution is 0.251. The number of allylic oxidation sites excluding steroid dienone is 1. The van der Waals surface area contributed by atoms with Crippen molar-refractivity contribution in [3.63, 3.8) is 0 Å². The Kier molecular flexibility index (Phi) is 8.24. The number of hydrogen-bond acceptors (Lipinski definition) is 6. The molecule has 2 aromatic heterocycles. The highest BCUT2D eigenvalue weighted by Crippen LogP contribution is 2.37. The van der Waals surface area contributed by atoms with Crippen molar-refractivity contribution in [1.82, 2.24) is 20.5 Å². The fourth-order valence-electron chi connectivity index (χ4n) is 4.54. The van der Waals surface area contributed by atoms with Crippen molar-refractivity contribution >= 4 is 39.0 Å². The van der Waals surface area contributed by atoms with Gasteiger partial charge in [-0.25, -0.2) is 9.18 Å². The minimum Gasteiger partial charge on any atom is -0.453 e. The standard InChI is InChI=1S/C29H34FN5O2S/c1-3-20-5-4-14-35(15-11-20)16-13-31-19(2)27-18-24-28(38-27)26(10-12-32-24)37-25-9-8-22(17-23(25)30)34-29(36)33-21-6-7-21/h3,8-10,12,17-18,21,31H,2,4-7,11,13-16H2,1H3,(H2,33,34,36)/b20-3-. The van der Waals surface area contributed by atoms with E-state index in [2.05, 4.69) is 45.4 Å². The molecule has 2 amide bonds. The molecule has 3 N–H and O–H groups in total. The van der Waals surface area contributed by atoms with Crippen LogP contribution in [0.5, 0.6) is 11.5 Å². The molecule has 1 saturated carbocycles. The van der Waals surface area contributed by atoms with Gasteiger partial charge in [0.2, 0.25) is 0 Å². The largest absolute Gasteiger partial charge is 0.453 e. The van der Waals surface area contributed by atoms with Gasteiger partial charge >= 0.3 is 6.03 Å². The first-order chi connectivity index (χ1) is 18.5. The van der Waals surface area contributed by atoms with Crippen LogP contribution >= 0.6 is 11.3 Å². The summed E-state index contributed by atoms with van der Waals surface area (Å²) < 4.78 is 21.6. The lowest BCUT2D eigenvalue weighted by Gasteiger charge is -2.20. The molecule has 38 heavy (non-hydrogen) atoms. The van der Waals surface area contributed by atoms with Crippen molar-refractivity contribution < 1.29 is 13.9 Å². The topological polar surface area (TPSA) is 78.5 Å². The molecule has 0 spiro atoms. The van der Waals surface area contributed by atoms with Crippen LogP contribution in [0.15, 0.2) is 54.8 Å². The van der Waals surface area contributed by atoms with Gasteiger partial charge in [0.05, 0.1) is 15.1 Å². The molecule has 0 radical (unpaired) electrons. The Morgan fingerprint density at radius 1 is 1.24 bits per heavy atom. The van der Waals surface area contributed by atoms with Crippen LogP contribution in [0.2, 0.25) is 0 Å². The molecular formula is C29H34FN5O2S. The Morgan fingerprint density at radius 2 is 2.11 bits per heavy atom. The second-order valence-electron chi connectivity index (χ2n) is 9.80. The zero-order valence-corrected chi connectivity index (χ0v) is 22.5. The predicted octanol–water partition coefficient (Wildman–Crippen LogP) is 6.50. The number of anilines is 1. The van der Waals surface area contributed by atoms with Crippen LogP contribution in [0.25, 0.3) is 15.9 Å². The lowest BCUT2D eigenvalue weighted by Crippen LogP contribution is -2.32. The number of urea groups is 1. The number of likely N-dealkylation sites (tertiary alicyclic amines) is 1. The summed E-state index contributed by atoms with van der Waals surface area (Å²) in [5.41, 5.74) is 3.54. The maximum absolute atomic E-state index is 14.8. The zero-order valence-electron chi connectivity index (χ0n) is 21.7. The molecule has 0 atom stereocenters. The number of benzene rings is 1. The first-order valence-electron chi connectivity index (χ1n) is 13.2. The zero-order chi connectivity index (χ0) is 26.5. The predicted molar refractivity (Wildman–Crippen MR) is 152 cm³/mol. The number of rotatable bonds is 9. The molecular weight excluding hydrogens is 501 g/mol. The summed E-state index contributed by atoms with van der Waals surface area (Å²) >= 11 is 1.51. The smallest absolute Gasteiger partial charge is 0.319 e. The van der Waals surface area contributed by atoms with Crippen molar-refractivity contribution in [2.75, 3.05) is 31.5 Å². The summed E-state index contributed by atoms with van der Waals surface area (Å²) in [7, 11) is 0. The van der Waals surface area contributed by atoms with Gasteiger partial charge in [0.25, 0.3) is 0 Å². The molecule has 7 nitrogen and oxygen atoms in total. The summed E-state index contributed by atoms with van der Waals surface area (Å²) in [6, 6.07) is 8.01. The van der Waals surface area contributed by atoms with Gasteiger partial charge < -0.3 is 25.6 Å². The second kappa shape index (κ2) is 12.0. The minimum atomic E-state index is -0.558. The molecule has 9 heteroatoms. The van der Waals surface area contributed by atoms with E-state index in [4.69, 9.17) is 4.74 Å². The van der Waals surface area contributed by atoms with Gasteiger partial charge in [0, 0.05) is 55.4 Å². The number of fused-ring (bicyclic) bond motifs is 1. The van der Waals surface area contributed by atoms with Crippen LogP contribution in [0.4, 0.5) is 14.9 Å². The van der Waals surface area contributed by atoms with E-state index in [-0.39, 0.29) is 17.8 Å². The molecule has 1 saturated heterocycles. The fraction of sp³-hybridized carbons (Fsp3) is 0.379. The first-order valence-corrected chi connectivity index (χ1v) is 14.0. The third-order valence-corrected chi connectivity index (χ3v) is 8.09. The second-order valence-corrected chi connectivity index (χ2v) is 10.9. The number of nitrogens with zero attached hydrogens (tertiary/aromatic N) is 2. The molecule has 1 aliphatic heterocycles.